The van der Waals surface area contributed by atoms with Crippen molar-refractivity contribution in [3.63, 3.8) is 0 Å². The van der Waals surface area contributed by atoms with Crippen LogP contribution in [0.4, 0.5) is 0 Å². The van der Waals surface area contributed by atoms with Crippen LogP contribution in [-0.4, -0.2) is 11.9 Å². The first kappa shape index (κ1) is 10.5. The van der Waals surface area contributed by atoms with E-state index >= 15 is 0 Å². The van der Waals surface area contributed by atoms with E-state index in [4.69, 9.17) is 22.6 Å². The minimum Gasteiger partial charge on any atom is -0.370 e. The standard InChI is InChI=1S/C2H7N5.Ag/c3-1(4)7-2(5)6;/h(H7,3,4,5,6,7);/q;+1. The molecule has 0 bridgehead atoms. The molecule has 0 aromatic rings. The molecule has 0 aromatic heterocycles. The molecule has 0 atom stereocenters. The van der Waals surface area contributed by atoms with Crippen LogP contribution >= 0.6 is 0 Å². The maximum Gasteiger partial charge on any atom is 1.00 e. The molecule has 0 radical (unpaired) electrons. The average molecular weight is 209 g/mol. The molecule has 0 saturated carbocycles. The summed E-state index contributed by atoms with van der Waals surface area (Å²) in [5.41, 5.74) is 14.3. The number of aliphatic imine (C=N–C) groups is 1. The zero-order chi connectivity index (χ0) is 5.86. The molecule has 0 aliphatic heterocycles. The zero-order valence-electron chi connectivity index (χ0n) is 3.98. The van der Waals surface area contributed by atoms with Crippen LogP contribution in [0.5, 0.6) is 0 Å². The summed E-state index contributed by atoms with van der Waals surface area (Å²) in [5.74, 6) is -0.562. The van der Waals surface area contributed by atoms with Crippen LogP contribution in [0.2, 0.25) is 0 Å². The van der Waals surface area contributed by atoms with E-state index in [1.54, 1.807) is 0 Å². The van der Waals surface area contributed by atoms with E-state index in [2.05, 4.69) is 4.99 Å². The summed E-state index contributed by atoms with van der Waals surface area (Å²) < 4.78 is 0. The Hall–Kier alpha value is -0.520. The Kier molecular flexibility index (Phi) is 6.06. The molecule has 0 unspecified atom stereocenters. The summed E-state index contributed by atoms with van der Waals surface area (Å²) in [6.07, 6.45) is 0. The van der Waals surface area contributed by atoms with Crippen molar-refractivity contribution in [2.24, 2.45) is 22.2 Å². The molecule has 0 fully saturated rings. The third-order valence-electron chi connectivity index (χ3n) is 0.250. The zero-order valence-corrected chi connectivity index (χ0v) is 5.46. The van der Waals surface area contributed by atoms with Gasteiger partial charge >= 0.3 is 22.4 Å². The topological polar surface area (TPSA) is 114 Å². The first-order valence-electron chi connectivity index (χ1n) is 1.56. The number of nitrogens with two attached hydrogens (primary N) is 3. The number of rotatable bonds is 0. The molecule has 0 aliphatic rings. The molecule has 0 heterocycles. The Bertz CT molecular complexity index is 103. The normalized spacial score (nSPS) is 6.50. The van der Waals surface area contributed by atoms with E-state index in [9.17, 15) is 0 Å². The molecular formula is C2H7AgN5+. The first-order valence-corrected chi connectivity index (χ1v) is 1.56. The average Bonchev–Trinajstić information content (AvgIpc) is 1.27. The molecule has 5 nitrogen and oxygen atoms in total. The Morgan fingerprint density at radius 3 is 1.62 bits per heavy atom. The molecule has 6 heteroatoms. The van der Waals surface area contributed by atoms with Gasteiger partial charge in [-0.25, -0.2) is 0 Å². The van der Waals surface area contributed by atoms with Crippen molar-refractivity contribution in [2.75, 3.05) is 0 Å². The molecular weight excluding hydrogens is 202 g/mol. The van der Waals surface area contributed by atoms with Gasteiger partial charge in [0, 0.05) is 0 Å². The smallest absolute Gasteiger partial charge is 0.370 e. The van der Waals surface area contributed by atoms with Crippen LogP contribution in [0.3, 0.4) is 0 Å². The Labute approximate surface area is 62.3 Å². The molecule has 0 saturated heterocycles. The van der Waals surface area contributed by atoms with E-state index < -0.39 is 0 Å². The Morgan fingerprint density at radius 2 is 1.62 bits per heavy atom. The Balaban J connectivity index is 0. The van der Waals surface area contributed by atoms with Crippen molar-refractivity contribution < 1.29 is 22.4 Å². The summed E-state index contributed by atoms with van der Waals surface area (Å²) in [5, 5.41) is 6.46. The fourth-order valence-corrected chi connectivity index (χ4v) is 0.139. The minimum atomic E-state index is -0.375. The van der Waals surface area contributed by atoms with Crippen LogP contribution in [0.1, 0.15) is 0 Å². The van der Waals surface area contributed by atoms with Crippen LogP contribution in [-0.2, 0) is 22.4 Å². The summed E-state index contributed by atoms with van der Waals surface area (Å²) >= 11 is 0. The quantitative estimate of drug-likeness (QED) is 0.213. The van der Waals surface area contributed by atoms with E-state index in [1.165, 1.54) is 0 Å². The molecule has 7 N–H and O–H groups in total. The second kappa shape index (κ2) is 4.63. The summed E-state index contributed by atoms with van der Waals surface area (Å²) in [4.78, 5) is 3.11. The monoisotopic (exact) mass is 208 g/mol. The van der Waals surface area contributed by atoms with Gasteiger partial charge in [0.1, 0.15) is 0 Å². The maximum absolute atomic E-state index is 6.46. The van der Waals surface area contributed by atoms with Crippen molar-refractivity contribution in [3.8, 4) is 0 Å². The van der Waals surface area contributed by atoms with Gasteiger partial charge in [-0.2, -0.15) is 4.99 Å². The summed E-state index contributed by atoms with van der Waals surface area (Å²) in [6, 6.07) is 0. The SMILES string of the molecule is N=C(N)N=C(N)N.[Ag+]. The van der Waals surface area contributed by atoms with Gasteiger partial charge < -0.3 is 17.2 Å². The minimum absolute atomic E-state index is 0. The largest absolute Gasteiger partial charge is 1.00 e. The summed E-state index contributed by atoms with van der Waals surface area (Å²) in [6.45, 7) is 0. The predicted molar refractivity (Wildman–Crippen MR) is 27.7 cm³/mol. The second-order valence-corrected chi connectivity index (χ2v) is 0.922. The third kappa shape index (κ3) is 9.08. The van der Waals surface area contributed by atoms with Crippen LogP contribution < -0.4 is 17.2 Å². The van der Waals surface area contributed by atoms with Crippen LogP contribution in [0, 0.1) is 5.41 Å². The number of hydrogen-bond acceptors (Lipinski definition) is 1. The summed E-state index contributed by atoms with van der Waals surface area (Å²) in [7, 11) is 0. The van der Waals surface area contributed by atoms with Crippen molar-refractivity contribution in [3.05, 3.63) is 0 Å². The molecule has 0 rings (SSSR count). The van der Waals surface area contributed by atoms with Gasteiger partial charge in [-0.1, -0.05) is 0 Å². The van der Waals surface area contributed by atoms with Gasteiger partial charge in [-0.05, 0) is 0 Å². The number of nitrogens with zero attached hydrogens (tertiary/aromatic N) is 1. The van der Waals surface area contributed by atoms with E-state index in [1.807, 2.05) is 0 Å². The van der Waals surface area contributed by atoms with Crippen molar-refractivity contribution in [1.29, 1.82) is 5.41 Å². The molecule has 0 aromatic carbocycles. The van der Waals surface area contributed by atoms with Gasteiger partial charge in [0.05, 0.1) is 0 Å². The van der Waals surface area contributed by atoms with E-state index in [0.29, 0.717) is 0 Å². The van der Waals surface area contributed by atoms with Crippen molar-refractivity contribution in [2.45, 2.75) is 0 Å². The second-order valence-electron chi connectivity index (χ2n) is 0.922. The molecule has 0 aliphatic carbocycles. The third-order valence-corrected chi connectivity index (χ3v) is 0.250. The van der Waals surface area contributed by atoms with E-state index in [-0.39, 0.29) is 34.3 Å². The van der Waals surface area contributed by atoms with Gasteiger partial charge in [-0.3, -0.25) is 5.41 Å². The van der Waals surface area contributed by atoms with Crippen molar-refractivity contribution >= 4 is 11.9 Å². The maximum atomic E-state index is 6.46. The molecule has 0 spiro atoms. The number of guanidine groups is 2. The molecule has 8 heavy (non-hydrogen) atoms. The van der Waals surface area contributed by atoms with E-state index in [0.717, 1.165) is 0 Å². The van der Waals surface area contributed by atoms with Crippen LogP contribution in [0.15, 0.2) is 4.99 Å². The predicted octanol–water partition coefficient (Wildman–Crippen LogP) is -1.85. The van der Waals surface area contributed by atoms with Crippen molar-refractivity contribution in [1.82, 2.24) is 0 Å². The molecule has 50 valence electrons. The number of nitrogens with one attached hydrogen (secondary N) is 1. The van der Waals surface area contributed by atoms with Gasteiger partial charge in [0.2, 0.25) is 5.96 Å². The fraction of sp³-hybridized carbons (Fsp3) is 0. The molecule has 0 amide bonds. The number of hydrogen-bond donors (Lipinski definition) is 4. The fourth-order valence-electron chi connectivity index (χ4n) is 0.139. The Morgan fingerprint density at radius 1 is 1.25 bits per heavy atom. The van der Waals surface area contributed by atoms with Gasteiger partial charge in [0.25, 0.3) is 0 Å². The van der Waals surface area contributed by atoms with Gasteiger partial charge in [0.15, 0.2) is 5.96 Å². The van der Waals surface area contributed by atoms with Gasteiger partial charge in [-0.15, -0.1) is 0 Å². The van der Waals surface area contributed by atoms with Crippen LogP contribution in [0.25, 0.3) is 0 Å². The first-order chi connectivity index (χ1) is 3.13.